The molecule has 162 valence electrons. The molecule has 1 aromatic heterocycles. The Morgan fingerprint density at radius 3 is 2.52 bits per heavy atom. The summed E-state index contributed by atoms with van der Waals surface area (Å²) in [6, 6.07) is 11.7. The smallest absolute Gasteiger partial charge is 0.408 e. The van der Waals surface area contributed by atoms with E-state index in [1.165, 1.54) is 12.1 Å². The van der Waals surface area contributed by atoms with Gasteiger partial charge in [0, 0.05) is 17.7 Å². The number of H-pyrrole nitrogens is 1. The highest BCUT2D eigenvalue weighted by Gasteiger charge is 2.25. The summed E-state index contributed by atoms with van der Waals surface area (Å²) < 4.78 is 18.8. The van der Waals surface area contributed by atoms with E-state index in [0.717, 1.165) is 5.56 Å². The number of aromatic nitrogens is 4. The number of aromatic amines is 1. The standard InChI is InChI=1S/C21H23FN6O3/c1-21(2,3)31-20(30)24-17(12-13-5-4-6-15(22)11-13)19(29)23-16-9-7-14(8-10-16)18-25-27-28-26-18/h4-11,17H,12H2,1-3H3,(H,23,29)(H,24,30)(H,25,26,27,28)/t17-/m0/s1. The van der Waals surface area contributed by atoms with Crippen LogP contribution in [0.1, 0.15) is 26.3 Å². The maximum Gasteiger partial charge on any atom is 0.408 e. The minimum atomic E-state index is -0.977. The normalized spacial score (nSPS) is 12.1. The van der Waals surface area contributed by atoms with Gasteiger partial charge in [0.05, 0.1) is 0 Å². The molecule has 3 N–H and O–H groups in total. The Bertz CT molecular complexity index is 1030. The molecule has 10 heteroatoms. The van der Waals surface area contributed by atoms with Crippen molar-refractivity contribution in [3.63, 3.8) is 0 Å². The maximum absolute atomic E-state index is 13.6. The number of nitrogens with zero attached hydrogens (tertiary/aromatic N) is 3. The van der Waals surface area contributed by atoms with E-state index >= 15 is 0 Å². The van der Waals surface area contributed by atoms with Gasteiger partial charge >= 0.3 is 6.09 Å². The maximum atomic E-state index is 13.6. The van der Waals surface area contributed by atoms with E-state index < -0.39 is 29.5 Å². The van der Waals surface area contributed by atoms with E-state index in [1.807, 2.05) is 0 Å². The molecular formula is C21H23FN6O3. The topological polar surface area (TPSA) is 122 Å². The van der Waals surface area contributed by atoms with Crippen molar-refractivity contribution in [2.75, 3.05) is 5.32 Å². The molecule has 0 saturated heterocycles. The van der Waals surface area contributed by atoms with Gasteiger partial charge < -0.3 is 15.4 Å². The second-order valence-corrected chi connectivity index (χ2v) is 7.85. The molecule has 0 fully saturated rings. The van der Waals surface area contributed by atoms with Gasteiger partial charge in [-0.15, -0.1) is 5.10 Å². The minimum Gasteiger partial charge on any atom is -0.444 e. The molecule has 0 radical (unpaired) electrons. The number of nitrogens with one attached hydrogen (secondary N) is 3. The highest BCUT2D eigenvalue weighted by molar-refractivity contribution is 5.96. The summed E-state index contributed by atoms with van der Waals surface area (Å²) in [6.45, 7) is 5.17. The minimum absolute atomic E-state index is 0.0880. The van der Waals surface area contributed by atoms with Crippen molar-refractivity contribution in [3.8, 4) is 11.4 Å². The van der Waals surface area contributed by atoms with Gasteiger partial charge in [0.15, 0.2) is 5.82 Å². The van der Waals surface area contributed by atoms with Gasteiger partial charge in [0.1, 0.15) is 17.5 Å². The van der Waals surface area contributed by atoms with Gasteiger partial charge in [0.25, 0.3) is 0 Å². The number of amides is 2. The van der Waals surface area contributed by atoms with Gasteiger partial charge in [-0.2, -0.15) is 0 Å². The monoisotopic (exact) mass is 426 g/mol. The van der Waals surface area contributed by atoms with Gasteiger partial charge in [-0.05, 0) is 73.2 Å². The highest BCUT2D eigenvalue weighted by Crippen LogP contribution is 2.17. The first-order chi connectivity index (χ1) is 14.7. The molecule has 0 aliphatic heterocycles. The average Bonchev–Trinajstić information content (AvgIpc) is 3.21. The third-order valence-electron chi connectivity index (χ3n) is 4.11. The predicted octanol–water partition coefficient (Wildman–Crippen LogP) is 3.08. The number of carbonyl (C=O) groups excluding carboxylic acids is 2. The van der Waals surface area contributed by atoms with Gasteiger partial charge in [-0.3, -0.25) is 4.79 Å². The van der Waals surface area contributed by atoms with Gasteiger partial charge in [-0.25, -0.2) is 14.3 Å². The molecule has 31 heavy (non-hydrogen) atoms. The fourth-order valence-corrected chi connectivity index (χ4v) is 2.78. The quantitative estimate of drug-likeness (QED) is 0.557. The summed E-state index contributed by atoms with van der Waals surface area (Å²) in [5.41, 5.74) is 1.09. The number of halogens is 1. The van der Waals surface area contributed by atoms with Crippen LogP contribution in [0, 0.1) is 5.82 Å². The molecular weight excluding hydrogens is 403 g/mol. The summed E-state index contributed by atoms with van der Waals surface area (Å²) in [4.78, 5) is 25.2. The lowest BCUT2D eigenvalue weighted by Crippen LogP contribution is -2.47. The van der Waals surface area contributed by atoms with Crippen LogP contribution in [0.3, 0.4) is 0 Å². The molecule has 0 bridgehead atoms. The van der Waals surface area contributed by atoms with Crippen molar-refractivity contribution < 1.29 is 18.7 Å². The molecule has 0 unspecified atom stereocenters. The fourth-order valence-electron chi connectivity index (χ4n) is 2.78. The van der Waals surface area contributed by atoms with E-state index in [0.29, 0.717) is 17.1 Å². The van der Waals surface area contributed by atoms with Crippen LogP contribution in [0.5, 0.6) is 0 Å². The Balaban J connectivity index is 1.73. The lowest BCUT2D eigenvalue weighted by molar-refractivity contribution is -0.118. The van der Waals surface area contributed by atoms with E-state index in [-0.39, 0.29) is 6.42 Å². The molecule has 3 rings (SSSR count). The third kappa shape index (κ3) is 6.59. The first-order valence-electron chi connectivity index (χ1n) is 9.58. The van der Waals surface area contributed by atoms with Crippen LogP contribution >= 0.6 is 0 Å². The number of carbonyl (C=O) groups is 2. The van der Waals surface area contributed by atoms with Crippen molar-refractivity contribution in [1.29, 1.82) is 0 Å². The van der Waals surface area contributed by atoms with Crippen LogP contribution in [-0.4, -0.2) is 44.3 Å². The zero-order valence-electron chi connectivity index (χ0n) is 17.3. The number of hydrogen-bond donors (Lipinski definition) is 3. The summed E-state index contributed by atoms with van der Waals surface area (Å²) in [5, 5.41) is 18.8. The Hall–Kier alpha value is -3.82. The zero-order chi connectivity index (χ0) is 22.4. The van der Waals surface area contributed by atoms with E-state index in [9.17, 15) is 14.0 Å². The Morgan fingerprint density at radius 2 is 1.90 bits per heavy atom. The Kier molecular flexibility index (Phi) is 6.58. The molecule has 9 nitrogen and oxygen atoms in total. The summed E-state index contributed by atoms with van der Waals surface area (Å²) in [6.07, 6.45) is -0.651. The first-order valence-corrected chi connectivity index (χ1v) is 9.58. The Labute approximate surface area is 178 Å². The zero-order valence-corrected chi connectivity index (χ0v) is 17.3. The molecule has 1 atom stereocenters. The number of benzene rings is 2. The first kappa shape index (κ1) is 21.9. The average molecular weight is 426 g/mol. The second-order valence-electron chi connectivity index (χ2n) is 7.85. The summed E-state index contributed by atoms with van der Waals surface area (Å²) >= 11 is 0. The lowest BCUT2D eigenvalue weighted by Gasteiger charge is -2.23. The summed E-state index contributed by atoms with van der Waals surface area (Å²) in [7, 11) is 0. The number of anilines is 1. The predicted molar refractivity (Wildman–Crippen MR) is 112 cm³/mol. The summed E-state index contributed by atoms with van der Waals surface area (Å²) in [5.74, 6) is -0.399. The van der Waals surface area contributed by atoms with Crippen LogP contribution in [-0.2, 0) is 16.0 Å². The highest BCUT2D eigenvalue weighted by atomic mass is 19.1. The van der Waals surface area contributed by atoms with E-state index in [2.05, 4.69) is 31.3 Å². The van der Waals surface area contributed by atoms with Crippen LogP contribution < -0.4 is 10.6 Å². The van der Waals surface area contributed by atoms with Crippen LogP contribution in [0.4, 0.5) is 14.9 Å². The van der Waals surface area contributed by atoms with Crippen LogP contribution in [0.2, 0.25) is 0 Å². The number of ether oxygens (including phenoxy) is 1. The lowest BCUT2D eigenvalue weighted by atomic mass is 10.0. The molecule has 3 aromatic rings. The van der Waals surface area contributed by atoms with Gasteiger partial charge in [0.2, 0.25) is 5.91 Å². The van der Waals surface area contributed by atoms with Crippen LogP contribution in [0.15, 0.2) is 48.5 Å². The number of alkyl carbamates (subject to hydrolysis) is 1. The van der Waals surface area contributed by atoms with Crippen molar-refractivity contribution in [2.45, 2.75) is 38.8 Å². The molecule has 2 aromatic carbocycles. The molecule has 0 spiro atoms. The number of hydrogen-bond acceptors (Lipinski definition) is 6. The molecule has 2 amide bonds. The van der Waals surface area contributed by atoms with Crippen molar-refractivity contribution in [2.24, 2.45) is 0 Å². The number of tetrazole rings is 1. The molecule has 1 heterocycles. The molecule has 0 aliphatic carbocycles. The van der Waals surface area contributed by atoms with Crippen molar-refractivity contribution in [3.05, 3.63) is 59.9 Å². The fraction of sp³-hybridized carbons (Fsp3) is 0.286. The van der Waals surface area contributed by atoms with E-state index in [1.54, 1.807) is 57.2 Å². The van der Waals surface area contributed by atoms with Gasteiger partial charge in [-0.1, -0.05) is 12.1 Å². The second kappa shape index (κ2) is 9.33. The Morgan fingerprint density at radius 1 is 1.16 bits per heavy atom. The van der Waals surface area contributed by atoms with Crippen molar-refractivity contribution >= 4 is 17.7 Å². The number of rotatable bonds is 6. The third-order valence-corrected chi connectivity index (χ3v) is 4.11. The largest absolute Gasteiger partial charge is 0.444 e. The molecule has 0 saturated carbocycles. The van der Waals surface area contributed by atoms with Crippen molar-refractivity contribution in [1.82, 2.24) is 25.9 Å². The van der Waals surface area contributed by atoms with E-state index in [4.69, 9.17) is 4.74 Å². The van der Waals surface area contributed by atoms with Crippen LogP contribution in [0.25, 0.3) is 11.4 Å². The SMILES string of the molecule is CC(C)(C)OC(=O)N[C@@H](Cc1cccc(F)c1)C(=O)Nc1ccc(-c2nnn[nH]2)cc1. The molecule has 0 aliphatic rings.